The van der Waals surface area contributed by atoms with Gasteiger partial charge in [-0.15, -0.1) is 5.10 Å². The van der Waals surface area contributed by atoms with E-state index in [2.05, 4.69) is 36.9 Å². The summed E-state index contributed by atoms with van der Waals surface area (Å²) in [6.45, 7) is 1.97. The van der Waals surface area contributed by atoms with Crippen LogP contribution in [0.5, 0.6) is 0 Å². The first kappa shape index (κ1) is 15.1. The molecule has 0 aliphatic carbocycles. The third kappa shape index (κ3) is 3.86. The van der Waals surface area contributed by atoms with E-state index < -0.39 is 0 Å². The molecular formula is C14H16BrN3OS. The lowest BCUT2D eigenvalue weighted by Gasteiger charge is -2.06. The highest BCUT2D eigenvalue weighted by atomic mass is 79.9. The van der Waals surface area contributed by atoms with Gasteiger partial charge in [0.25, 0.3) is 5.91 Å². The van der Waals surface area contributed by atoms with Crippen LogP contribution in [0.1, 0.15) is 34.3 Å². The molecule has 0 spiro atoms. The second kappa shape index (κ2) is 7.50. The summed E-state index contributed by atoms with van der Waals surface area (Å²) in [6.07, 6.45) is 2.79. The van der Waals surface area contributed by atoms with Crippen LogP contribution in [-0.4, -0.2) is 20.8 Å². The summed E-state index contributed by atoms with van der Waals surface area (Å²) in [4.78, 5) is 12.8. The van der Waals surface area contributed by atoms with Crippen LogP contribution in [0, 0.1) is 0 Å². The zero-order chi connectivity index (χ0) is 14.4. The summed E-state index contributed by atoms with van der Waals surface area (Å²) in [6, 6.07) is 7.95. The Labute approximate surface area is 130 Å². The van der Waals surface area contributed by atoms with Gasteiger partial charge in [-0.3, -0.25) is 4.79 Å². The number of benzene rings is 1. The SMILES string of the molecule is CCc1nnsc1C(=O)Nc1cccc(CCCBr)c1. The first-order valence-electron chi connectivity index (χ1n) is 6.52. The van der Waals surface area contributed by atoms with Gasteiger partial charge in [0.15, 0.2) is 0 Å². The van der Waals surface area contributed by atoms with Gasteiger partial charge >= 0.3 is 0 Å². The highest BCUT2D eigenvalue weighted by Crippen LogP contribution is 2.17. The van der Waals surface area contributed by atoms with Crippen LogP contribution in [0.2, 0.25) is 0 Å². The highest BCUT2D eigenvalue weighted by molar-refractivity contribution is 9.09. The van der Waals surface area contributed by atoms with Gasteiger partial charge in [0.1, 0.15) is 4.88 Å². The maximum absolute atomic E-state index is 12.2. The van der Waals surface area contributed by atoms with Crippen molar-refractivity contribution < 1.29 is 4.79 Å². The lowest BCUT2D eigenvalue weighted by molar-refractivity contribution is 0.102. The molecule has 0 unspecified atom stereocenters. The molecule has 20 heavy (non-hydrogen) atoms. The van der Waals surface area contributed by atoms with Gasteiger partial charge in [0, 0.05) is 11.0 Å². The standard InChI is InChI=1S/C14H16BrN3OS/c1-2-12-13(20-18-17-12)14(19)16-11-7-3-5-10(9-11)6-4-8-15/h3,5,7,9H,2,4,6,8H2,1H3,(H,16,19). The zero-order valence-electron chi connectivity index (χ0n) is 11.2. The van der Waals surface area contributed by atoms with E-state index in [4.69, 9.17) is 0 Å². The molecule has 6 heteroatoms. The molecule has 1 amide bonds. The molecule has 0 radical (unpaired) electrons. The van der Waals surface area contributed by atoms with Crippen molar-refractivity contribution in [2.45, 2.75) is 26.2 Å². The fraction of sp³-hybridized carbons (Fsp3) is 0.357. The van der Waals surface area contributed by atoms with Crippen LogP contribution in [0.3, 0.4) is 0 Å². The van der Waals surface area contributed by atoms with Crippen molar-refractivity contribution in [1.29, 1.82) is 0 Å². The number of halogens is 1. The molecule has 2 rings (SSSR count). The summed E-state index contributed by atoms with van der Waals surface area (Å²) in [5.41, 5.74) is 2.79. The monoisotopic (exact) mass is 353 g/mol. The summed E-state index contributed by atoms with van der Waals surface area (Å²) < 4.78 is 3.84. The topological polar surface area (TPSA) is 54.9 Å². The average Bonchev–Trinajstić information content (AvgIpc) is 2.94. The maximum Gasteiger partial charge on any atom is 0.269 e. The minimum atomic E-state index is -0.130. The predicted octanol–water partition coefficient (Wildman–Crippen LogP) is 3.68. The van der Waals surface area contributed by atoms with Crippen LogP contribution >= 0.6 is 27.5 Å². The summed E-state index contributed by atoms with van der Waals surface area (Å²) in [5.74, 6) is -0.130. The molecule has 0 aliphatic rings. The first-order chi connectivity index (χ1) is 9.74. The Morgan fingerprint density at radius 3 is 3.05 bits per heavy atom. The Bertz CT molecular complexity index is 585. The van der Waals surface area contributed by atoms with Crippen molar-refractivity contribution in [1.82, 2.24) is 9.59 Å². The van der Waals surface area contributed by atoms with Crippen molar-refractivity contribution in [2.24, 2.45) is 0 Å². The van der Waals surface area contributed by atoms with Crippen molar-refractivity contribution in [3.05, 3.63) is 40.4 Å². The second-order valence-electron chi connectivity index (χ2n) is 4.35. The van der Waals surface area contributed by atoms with Gasteiger partial charge in [-0.1, -0.05) is 39.5 Å². The minimum absolute atomic E-state index is 0.130. The molecular weight excluding hydrogens is 338 g/mol. The molecule has 2 aromatic rings. The van der Waals surface area contributed by atoms with Gasteiger partial charge < -0.3 is 5.32 Å². The van der Waals surface area contributed by atoms with Crippen LogP contribution in [-0.2, 0) is 12.8 Å². The number of anilines is 1. The normalized spacial score (nSPS) is 10.5. The molecule has 0 bridgehead atoms. The third-order valence-electron chi connectivity index (χ3n) is 2.88. The third-order valence-corrected chi connectivity index (χ3v) is 4.21. The van der Waals surface area contributed by atoms with E-state index in [1.54, 1.807) is 0 Å². The average molecular weight is 354 g/mol. The first-order valence-corrected chi connectivity index (χ1v) is 8.41. The summed E-state index contributed by atoms with van der Waals surface area (Å²) in [5, 5.41) is 7.86. The van der Waals surface area contributed by atoms with Gasteiger partial charge in [-0.2, -0.15) is 0 Å². The predicted molar refractivity (Wildman–Crippen MR) is 85.8 cm³/mol. The largest absolute Gasteiger partial charge is 0.321 e. The van der Waals surface area contributed by atoms with Crippen molar-refractivity contribution in [3.8, 4) is 0 Å². The molecule has 0 fully saturated rings. The number of carbonyl (C=O) groups is 1. The van der Waals surface area contributed by atoms with Gasteiger partial charge in [-0.25, -0.2) is 0 Å². The molecule has 106 valence electrons. The Balaban J connectivity index is 2.08. The fourth-order valence-corrected chi connectivity index (χ4v) is 2.80. The number of carbonyl (C=O) groups excluding carboxylic acids is 1. The number of nitrogens with zero attached hydrogens (tertiary/aromatic N) is 2. The molecule has 0 atom stereocenters. The molecule has 1 N–H and O–H groups in total. The number of nitrogens with one attached hydrogen (secondary N) is 1. The maximum atomic E-state index is 12.2. The lowest BCUT2D eigenvalue weighted by Crippen LogP contribution is -2.12. The smallest absolute Gasteiger partial charge is 0.269 e. The lowest BCUT2D eigenvalue weighted by atomic mass is 10.1. The minimum Gasteiger partial charge on any atom is -0.321 e. The number of hydrogen-bond acceptors (Lipinski definition) is 4. The molecule has 0 saturated heterocycles. The Morgan fingerprint density at radius 1 is 1.45 bits per heavy atom. The molecule has 0 aliphatic heterocycles. The van der Waals surface area contributed by atoms with Crippen LogP contribution in [0.15, 0.2) is 24.3 Å². The fourth-order valence-electron chi connectivity index (χ4n) is 1.88. The van der Waals surface area contributed by atoms with Crippen molar-refractivity contribution >= 4 is 39.1 Å². The number of alkyl halides is 1. The number of amides is 1. The van der Waals surface area contributed by atoms with E-state index in [0.717, 1.165) is 41.1 Å². The van der Waals surface area contributed by atoms with Crippen LogP contribution in [0.25, 0.3) is 0 Å². The Kier molecular flexibility index (Phi) is 5.67. The quantitative estimate of drug-likeness (QED) is 0.805. The number of aryl methyl sites for hydroxylation is 2. The van der Waals surface area contributed by atoms with Gasteiger partial charge in [0.2, 0.25) is 0 Å². The van der Waals surface area contributed by atoms with Crippen molar-refractivity contribution in [3.63, 3.8) is 0 Å². The van der Waals surface area contributed by atoms with E-state index in [-0.39, 0.29) is 5.91 Å². The van der Waals surface area contributed by atoms with E-state index >= 15 is 0 Å². The van der Waals surface area contributed by atoms with E-state index in [1.807, 2.05) is 25.1 Å². The second-order valence-corrected chi connectivity index (χ2v) is 5.90. The summed E-state index contributed by atoms with van der Waals surface area (Å²) in [7, 11) is 0. The zero-order valence-corrected chi connectivity index (χ0v) is 13.6. The number of rotatable bonds is 6. The Hall–Kier alpha value is -1.27. The molecule has 1 heterocycles. The Morgan fingerprint density at radius 2 is 2.30 bits per heavy atom. The van der Waals surface area contributed by atoms with Crippen molar-refractivity contribution in [2.75, 3.05) is 10.6 Å². The van der Waals surface area contributed by atoms with Gasteiger partial charge in [-0.05, 0) is 48.5 Å². The molecule has 1 aromatic heterocycles. The highest BCUT2D eigenvalue weighted by Gasteiger charge is 2.15. The molecule has 1 aromatic carbocycles. The summed E-state index contributed by atoms with van der Waals surface area (Å²) >= 11 is 4.57. The van der Waals surface area contributed by atoms with Gasteiger partial charge in [0.05, 0.1) is 5.69 Å². The number of aromatic nitrogens is 2. The van der Waals surface area contributed by atoms with E-state index in [9.17, 15) is 4.79 Å². The number of hydrogen-bond donors (Lipinski definition) is 1. The van der Waals surface area contributed by atoms with Crippen LogP contribution < -0.4 is 5.32 Å². The van der Waals surface area contributed by atoms with E-state index in [0.29, 0.717) is 11.3 Å². The molecule has 4 nitrogen and oxygen atoms in total. The van der Waals surface area contributed by atoms with E-state index in [1.165, 1.54) is 5.56 Å². The van der Waals surface area contributed by atoms with Crippen LogP contribution in [0.4, 0.5) is 5.69 Å². The molecule has 0 saturated carbocycles.